The van der Waals surface area contributed by atoms with Crippen LogP contribution < -0.4 is 4.72 Å². The molecule has 13 heteroatoms. The van der Waals surface area contributed by atoms with E-state index in [4.69, 9.17) is 0 Å². The number of alkyl halides is 3. The maximum atomic E-state index is 14.8. The summed E-state index contributed by atoms with van der Waals surface area (Å²) in [5.74, 6) is -1.58. The molecule has 0 aliphatic heterocycles. The van der Waals surface area contributed by atoms with Crippen molar-refractivity contribution in [2.24, 2.45) is 0 Å². The highest BCUT2D eigenvalue weighted by Crippen LogP contribution is 2.36. The number of fused-ring (bicyclic) bond motifs is 1. The van der Waals surface area contributed by atoms with Crippen LogP contribution in [0.3, 0.4) is 0 Å². The average Bonchev–Trinajstić information content (AvgIpc) is 3.11. The van der Waals surface area contributed by atoms with Crippen molar-refractivity contribution in [3.05, 3.63) is 71.6 Å². The zero-order valence-electron chi connectivity index (χ0n) is 18.6. The Morgan fingerprint density at radius 3 is 2.42 bits per heavy atom. The summed E-state index contributed by atoms with van der Waals surface area (Å²) in [6, 6.07) is 6.77. The molecule has 0 saturated carbocycles. The Morgan fingerprint density at radius 2 is 1.83 bits per heavy atom. The second-order valence-electron chi connectivity index (χ2n) is 7.86. The number of pyridine rings is 2. The van der Waals surface area contributed by atoms with E-state index in [1.54, 1.807) is 0 Å². The molecule has 1 unspecified atom stereocenters. The van der Waals surface area contributed by atoms with E-state index in [2.05, 4.69) is 9.97 Å². The highest BCUT2D eigenvalue weighted by molar-refractivity contribution is 7.89. The van der Waals surface area contributed by atoms with Crippen molar-refractivity contribution in [3.8, 4) is 23.3 Å². The second kappa shape index (κ2) is 8.96. The van der Waals surface area contributed by atoms with Crippen LogP contribution in [0.4, 0.5) is 22.0 Å². The molecule has 3 aromatic heterocycles. The van der Waals surface area contributed by atoms with E-state index in [0.29, 0.717) is 6.92 Å². The Bertz CT molecular complexity index is 1620. The summed E-state index contributed by atoms with van der Waals surface area (Å²) in [4.78, 5) is 7.51. The molecular formula is C23H16F5N5O2S. The predicted molar refractivity (Wildman–Crippen MR) is 120 cm³/mol. The number of hydrogen-bond acceptors (Lipinski definition) is 5. The summed E-state index contributed by atoms with van der Waals surface area (Å²) in [5.41, 5.74) is 0.357. The van der Waals surface area contributed by atoms with Gasteiger partial charge in [0.15, 0.2) is 11.6 Å². The van der Waals surface area contributed by atoms with Crippen molar-refractivity contribution >= 4 is 20.9 Å². The van der Waals surface area contributed by atoms with Crippen LogP contribution in [-0.4, -0.2) is 35.2 Å². The standard InChI is InChI=1S/C23H16F5N5O2S/c1-12-8-20-15(9-18(12)25)16(10-29)21(33(20)22-17(24)4-3-7-30-22)19-6-5-14(11-31-19)36(34,35)32-13(2)23(26,27)28/h3-9,11,13,32H,1-2H3. The Labute approximate surface area is 201 Å². The van der Waals surface area contributed by atoms with Crippen molar-refractivity contribution in [3.63, 3.8) is 0 Å². The van der Waals surface area contributed by atoms with Gasteiger partial charge in [0.1, 0.15) is 22.8 Å². The van der Waals surface area contributed by atoms with Crippen molar-refractivity contribution in [1.29, 1.82) is 5.26 Å². The Kier molecular flexibility index (Phi) is 6.27. The zero-order valence-corrected chi connectivity index (χ0v) is 19.4. The van der Waals surface area contributed by atoms with Crippen LogP contribution in [0.1, 0.15) is 18.1 Å². The molecule has 0 fully saturated rings. The predicted octanol–water partition coefficient (Wildman–Crippen LogP) is 4.77. The largest absolute Gasteiger partial charge is 0.404 e. The fraction of sp³-hybridized carbons (Fsp3) is 0.174. The van der Waals surface area contributed by atoms with E-state index in [1.165, 1.54) is 34.5 Å². The molecule has 0 bridgehead atoms. The number of halogens is 5. The van der Waals surface area contributed by atoms with Gasteiger partial charge in [0, 0.05) is 17.8 Å². The van der Waals surface area contributed by atoms with Crippen LogP contribution in [0.2, 0.25) is 0 Å². The zero-order chi connectivity index (χ0) is 26.4. The van der Waals surface area contributed by atoms with Gasteiger partial charge in [0.05, 0.1) is 22.5 Å². The molecule has 4 aromatic rings. The molecule has 1 atom stereocenters. The van der Waals surface area contributed by atoms with E-state index in [1.807, 2.05) is 6.07 Å². The molecular weight excluding hydrogens is 505 g/mol. The fourth-order valence-corrected chi connectivity index (χ4v) is 4.75. The average molecular weight is 521 g/mol. The number of benzene rings is 1. The first kappa shape index (κ1) is 25.2. The highest BCUT2D eigenvalue weighted by Gasteiger charge is 2.39. The molecule has 0 amide bonds. The first-order valence-corrected chi connectivity index (χ1v) is 11.7. The molecule has 3 heterocycles. The minimum Gasteiger partial charge on any atom is -0.288 e. The van der Waals surface area contributed by atoms with Crippen LogP contribution in [-0.2, 0) is 10.0 Å². The van der Waals surface area contributed by atoms with E-state index < -0.39 is 38.8 Å². The lowest BCUT2D eigenvalue weighted by atomic mass is 10.1. The lowest BCUT2D eigenvalue weighted by molar-refractivity contribution is -0.147. The SMILES string of the molecule is Cc1cc2c(cc1F)c(C#N)c(-c1ccc(S(=O)(=O)NC(C)C(F)(F)F)cn1)n2-c1ncccc1F. The van der Waals surface area contributed by atoms with Crippen LogP contribution in [0.25, 0.3) is 28.1 Å². The van der Waals surface area contributed by atoms with Crippen LogP contribution in [0.5, 0.6) is 0 Å². The van der Waals surface area contributed by atoms with Gasteiger partial charge in [-0.25, -0.2) is 22.2 Å². The number of rotatable bonds is 5. The van der Waals surface area contributed by atoms with Gasteiger partial charge in [-0.15, -0.1) is 0 Å². The minimum atomic E-state index is -4.80. The molecule has 36 heavy (non-hydrogen) atoms. The van der Waals surface area contributed by atoms with Gasteiger partial charge in [-0.05, 0) is 55.8 Å². The normalized spacial score (nSPS) is 13.1. The smallest absolute Gasteiger partial charge is 0.288 e. The summed E-state index contributed by atoms with van der Waals surface area (Å²) < 4.78 is 95.2. The maximum Gasteiger partial charge on any atom is 0.404 e. The summed E-state index contributed by atoms with van der Waals surface area (Å²) in [6.07, 6.45) is -2.68. The molecule has 0 aliphatic rings. The van der Waals surface area contributed by atoms with Gasteiger partial charge in [-0.1, -0.05) is 0 Å². The van der Waals surface area contributed by atoms with Gasteiger partial charge < -0.3 is 0 Å². The lowest BCUT2D eigenvalue weighted by Gasteiger charge is -2.17. The number of sulfonamides is 1. The Balaban J connectivity index is 1.93. The molecule has 1 N–H and O–H groups in total. The molecule has 0 saturated heterocycles. The number of nitrogens with zero attached hydrogens (tertiary/aromatic N) is 4. The van der Waals surface area contributed by atoms with Gasteiger partial charge >= 0.3 is 6.18 Å². The van der Waals surface area contributed by atoms with Crippen molar-refractivity contribution in [2.45, 2.75) is 31.0 Å². The van der Waals surface area contributed by atoms with Gasteiger partial charge in [0.2, 0.25) is 10.0 Å². The van der Waals surface area contributed by atoms with Crippen LogP contribution >= 0.6 is 0 Å². The van der Waals surface area contributed by atoms with E-state index in [-0.39, 0.29) is 39.2 Å². The number of aryl methyl sites for hydroxylation is 1. The van der Waals surface area contributed by atoms with Crippen molar-refractivity contribution in [1.82, 2.24) is 19.3 Å². The molecule has 0 radical (unpaired) electrons. The van der Waals surface area contributed by atoms with E-state index >= 15 is 0 Å². The first-order valence-electron chi connectivity index (χ1n) is 10.3. The van der Waals surface area contributed by atoms with Gasteiger partial charge in [-0.2, -0.15) is 23.2 Å². The number of nitrogens with one attached hydrogen (secondary N) is 1. The number of aromatic nitrogens is 3. The van der Waals surface area contributed by atoms with Gasteiger partial charge in [-0.3, -0.25) is 9.55 Å². The third kappa shape index (κ3) is 4.40. The quantitative estimate of drug-likeness (QED) is 0.381. The van der Waals surface area contributed by atoms with E-state index in [9.17, 15) is 35.6 Å². The molecule has 0 spiro atoms. The molecule has 4 rings (SSSR count). The third-order valence-corrected chi connectivity index (χ3v) is 6.95. The van der Waals surface area contributed by atoms with Crippen molar-refractivity contribution < 1.29 is 30.4 Å². The topological polar surface area (TPSA) is 101 Å². The molecule has 186 valence electrons. The molecule has 0 aliphatic carbocycles. The Morgan fingerprint density at radius 1 is 1.11 bits per heavy atom. The molecule has 7 nitrogen and oxygen atoms in total. The maximum absolute atomic E-state index is 14.8. The number of hydrogen-bond donors (Lipinski definition) is 1. The summed E-state index contributed by atoms with van der Waals surface area (Å²) in [7, 11) is -4.59. The fourth-order valence-electron chi connectivity index (χ4n) is 3.58. The van der Waals surface area contributed by atoms with Crippen LogP contribution in [0, 0.1) is 29.9 Å². The highest BCUT2D eigenvalue weighted by atomic mass is 32.2. The first-order chi connectivity index (χ1) is 16.8. The minimum absolute atomic E-state index is 0.00401. The monoisotopic (exact) mass is 521 g/mol. The van der Waals surface area contributed by atoms with E-state index in [0.717, 1.165) is 30.5 Å². The summed E-state index contributed by atoms with van der Waals surface area (Å²) >= 11 is 0. The van der Waals surface area contributed by atoms with Crippen LogP contribution in [0.15, 0.2) is 53.7 Å². The second-order valence-corrected chi connectivity index (χ2v) is 9.58. The Hall–Kier alpha value is -3.89. The third-order valence-electron chi connectivity index (χ3n) is 5.42. The summed E-state index contributed by atoms with van der Waals surface area (Å²) in [6.45, 7) is 2.14. The lowest BCUT2D eigenvalue weighted by Crippen LogP contribution is -2.42. The molecule has 1 aromatic carbocycles. The number of nitriles is 1. The summed E-state index contributed by atoms with van der Waals surface area (Å²) in [5, 5.41) is 10.0. The van der Waals surface area contributed by atoms with Gasteiger partial charge in [0.25, 0.3) is 0 Å². The van der Waals surface area contributed by atoms with Crippen molar-refractivity contribution in [2.75, 3.05) is 0 Å².